The Morgan fingerprint density at radius 1 is 1.55 bits per heavy atom. The molecule has 0 radical (unpaired) electrons. The molecule has 0 unspecified atom stereocenters. The second kappa shape index (κ2) is 5.99. The van der Waals surface area contributed by atoms with Crippen molar-refractivity contribution in [3.05, 3.63) is 4.88 Å². The Balaban J connectivity index is 2.00. The molecule has 0 atom stereocenters. The van der Waals surface area contributed by atoms with Gasteiger partial charge in [0.1, 0.15) is 20.8 Å². The van der Waals surface area contributed by atoms with E-state index >= 15 is 0 Å². The molecule has 8 heteroatoms. The van der Waals surface area contributed by atoms with E-state index in [4.69, 9.17) is 15.7 Å². The minimum Gasteiger partial charge on any atom is -0.396 e. The fraction of sp³-hybridized carbons (Fsp3) is 0.583. The zero-order valence-electron chi connectivity index (χ0n) is 11.2. The standard InChI is InChI=1S/C12H17N3O3S2/c1-20(16,17)11-10(14)9(6-13)19-12(11)15-4-5-18-7-8-2-3-8/h8,15H,2-5,7,14H2,1H3. The molecule has 0 aromatic carbocycles. The van der Waals surface area contributed by atoms with E-state index in [0.29, 0.717) is 24.1 Å². The average Bonchev–Trinajstić information content (AvgIpc) is 3.11. The van der Waals surface area contributed by atoms with E-state index < -0.39 is 9.84 Å². The maximum absolute atomic E-state index is 11.7. The normalized spacial score (nSPS) is 15.0. The number of nitrogens with two attached hydrogens (primary N) is 1. The fourth-order valence-corrected chi connectivity index (χ4v) is 4.16. The number of hydrogen-bond donors (Lipinski definition) is 2. The van der Waals surface area contributed by atoms with Crippen LogP contribution in [-0.4, -0.2) is 34.4 Å². The zero-order chi connectivity index (χ0) is 14.8. The number of nitrogen functional groups attached to an aromatic ring is 1. The van der Waals surface area contributed by atoms with Gasteiger partial charge in [-0.25, -0.2) is 8.42 Å². The quantitative estimate of drug-likeness (QED) is 0.738. The molecule has 0 aliphatic heterocycles. The molecule has 1 aromatic heterocycles. The fourth-order valence-electron chi connectivity index (χ4n) is 1.77. The lowest BCUT2D eigenvalue weighted by Gasteiger charge is -2.07. The van der Waals surface area contributed by atoms with Crippen LogP contribution in [0.4, 0.5) is 10.7 Å². The van der Waals surface area contributed by atoms with Crippen LogP contribution in [0.15, 0.2) is 4.90 Å². The molecule has 2 rings (SSSR count). The van der Waals surface area contributed by atoms with Crippen molar-refractivity contribution >= 4 is 31.9 Å². The molecule has 1 aliphatic carbocycles. The van der Waals surface area contributed by atoms with Gasteiger partial charge in [0, 0.05) is 19.4 Å². The smallest absolute Gasteiger partial charge is 0.180 e. The van der Waals surface area contributed by atoms with Gasteiger partial charge in [-0.1, -0.05) is 0 Å². The summed E-state index contributed by atoms with van der Waals surface area (Å²) in [4.78, 5) is 0.230. The first-order valence-corrected chi connectivity index (χ1v) is 8.98. The van der Waals surface area contributed by atoms with Crippen molar-refractivity contribution in [2.45, 2.75) is 17.7 Å². The predicted octanol–water partition coefficient (Wildman–Crippen LogP) is 1.44. The molecule has 3 N–H and O–H groups in total. The number of ether oxygens (including phenoxy) is 1. The van der Waals surface area contributed by atoms with E-state index in [2.05, 4.69) is 5.32 Å². The number of sulfone groups is 1. The molecule has 0 amide bonds. The average molecular weight is 315 g/mol. The Morgan fingerprint density at radius 2 is 2.25 bits per heavy atom. The lowest BCUT2D eigenvalue weighted by atomic mass is 10.4. The SMILES string of the molecule is CS(=O)(=O)c1c(NCCOCC2CC2)sc(C#N)c1N. The summed E-state index contributed by atoms with van der Waals surface area (Å²) in [5, 5.41) is 12.3. The molecular formula is C12H17N3O3S2. The number of hydrogen-bond acceptors (Lipinski definition) is 7. The Morgan fingerprint density at radius 3 is 2.80 bits per heavy atom. The van der Waals surface area contributed by atoms with Gasteiger partial charge in [-0.15, -0.1) is 11.3 Å². The molecule has 1 saturated carbocycles. The van der Waals surface area contributed by atoms with E-state index in [1.165, 1.54) is 12.8 Å². The first kappa shape index (κ1) is 15.1. The zero-order valence-corrected chi connectivity index (χ0v) is 12.8. The minimum atomic E-state index is -3.47. The van der Waals surface area contributed by atoms with Crippen molar-refractivity contribution in [2.75, 3.05) is 37.1 Å². The lowest BCUT2D eigenvalue weighted by Crippen LogP contribution is -2.12. The van der Waals surface area contributed by atoms with Crippen LogP contribution >= 0.6 is 11.3 Å². The van der Waals surface area contributed by atoms with E-state index in [1.54, 1.807) is 0 Å². The third-order valence-electron chi connectivity index (χ3n) is 2.95. The molecule has 0 bridgehead atoms. The van der Waals surface area contributed by atoms with Gasteiger partial charge in [0.05, 0.1) is 12.3 Å². The van der Waals surface area contributed by atoms with Gasteiger partial charge in [-0.2, -0.15) is 5.26 Å². The Kier molecular flexibility index (Phi) is 4.52. The van der Waals surface area contributed by atoms with Crippen molar-refractivity contribution < 1.29 is 13.2 Å². The van der Waals surface area contributed by atoms with Crippen LogP contribution in [0.2, 0.25) is 0 Å². The summed E-state index contributed by atoms with van der Waals surface area (Å²) in [5.41, 5.74) is 5.75. The summed E-state index contributed by atoms with van der Waals surface area (Å²) in [5.74, 6) is 0.698. The Bertz CT molecular complexity index is 627. The largest absolute Gasteiger partial charge is 0.396 e. The van der Waals surface area contributed by atoms with Gasteiger partial charge in [0.2, 0.25) is 0 Å². The number of nitriles is 1. The second-order valence-electron chi connectivity index (χ2n) is 4.83. The summed E-state index contributed by atoms with van der Waals surface area (Å²) < 4.78 is 28.9. The molecule has 20 heavy (non-hydrogen) atoms. The molecule has 1 aliphatic rings. The van der Waals surface area contributed by atoms with E-state index in [-0.39, 0.29) is 15.5 Å². The van der Waals surface area contributed by atoms with E-state index in [1.807, 2.05) is 6.07 Å². The lowest BCUT2D eigenvalue weighted by molar-refractivity contribution is 0.134. The van der Waals surface area contributed by atoms with Gasteiger partial charge in [0.15, 0.2) is 9.84 Å². The van der Waals surface area contributed by atoms with Crippen LogP contribution in [0.1, 0.15) is 17.7 Å². The molecular weight excluding hydrogens is 298 g/mol. The summed E-state index contributed by atoms with van der Waals surface area (Å²) in [7, 11) is -3.47. The first-order valence-electron chi connectivity index (χ1n) is 6.27. The van der Waals surface area contributed by atoms with Crippen LogP contribution in [0.3, 0.4) is 0 Å². The third-order valence-corrected chi connectivity index (χ3v) is 5.32. The van der Waals surface area contributed by atoms with Crippen LogP contribution in [0.5, 0.6) is 0 Å². The highest BCUT2D eigenvalue weighted by Crippen LogP contribution is 2.38. The molecule has 1 fully saturated rings. The first-order chi connectivity index (χ1) is 9.43. The highest BCUT2D eigenvalue weighted by molar-refractivity contribution is 7.91. The predicted molar refractivity (Wildman–Crippen MR) is 78.6 cm³/mol. The molecule has 0 spiro atoms. The monoisotopic (exact) mass is 315 g/mol. The maximum Gasteiger partial charge on any atom is 0.180 e. The molecule has 1 aromatic rings. The van der Waals surface area contributed by atoms with Crippen molar-refractivity contribution in [1.29, 1.82) is 5.26 Å². The number of thiophene rings is 1. The van der Waals surface area contributed by atoms with Crippen molar-refractivity contribution in [3.63, 3.8) is 0 Å². The highest BCUT2D eigenvalue weighted by atomic mass is 32.2. The summed E-state index contributed by atoms with van der Waals surface area (Å²) in [6.07, 6.45) is 3.55. The third kappa shape index (κ3) is 3.62. The van der Waals surface area contributed by atoms with Gasteiger partial charge >= 0.3 is 0 Å². The second-order valence-corrected chi connectivity index (χ2v) is 7.81. The minimum absolute atomic E-state index is 0.0150. The number of rotatable bonds is 7. The van der Waals surface area contributed by atoms with Gasteiger partial charge in [-0.05, 0) is 18.8 Å². The van der Waals surface area contributed by atoms with Gasteiger partial charge < -0.3 is 15.8 Å². The van der Waals surface area contributed by atoms with Crippen molar-refractivity contribution in [2.24, 2.45) is 5.92 Å². The van der Waals surface area contributed by atoms with Crippen LogP contribution < -0.4 is 11.1 Å². The highest BCUT2D eigenvalue weighted by Gasteiger charge is 2.24. The van der Waals surface area contributed by atoms with Gasteiger partial charge in [0.25, 0.3) is 0 Å². The molecule has 110 valence electrons. The van der Waals surface area contributed by atoms with E-state index in [9.17, 15) is 8.42 Å². The van der Waals surface area contributed by atoms with Crippen LogP contribution in [0, 0.1) is 17.2 Å². The summed E-state index contributed by atoms with van der Waals surface area (Å²) in [6.45, 7) is 1.75. The van der Waals surface area contributed by atoms with Crippen molar-refractivity contribution in [1.82, 2.24) is 0 Å². The number of anilines is 2. The van der Waals surface area contributed by atoms with Gasteiger partial charge in [-0.3, -0.25) is 0 Å². The van der Waals surface area contributed by atoms with Crippen molar-refractivity contribution in [3.8, 4) is 6.07 Å². The Hall–Kier alpha value is -1.30. The number of nitrogens with one attached hydrogen (secondary N) is 1. The molecule has 6 nitrogen and oxygen atoms in total. The molecule has 1 heterocycles. The maximum atomic E-state index is 11.7. The topological polar surface area (TPSA) is 105 Å². The molecule has 0 saturated heterocycles. The van der Waals surface area contributed by atoms with Crippen LogP contribution in [0.25, 0.3) is 0 Å². The summed E-state index contributed by atoms with van der Waals surface area (Å²) >= 11 is 1.06. The van der Waals surface area contributed by atoms with E-state index in [0.717, 1.165) is 24.2 Å². The Labute approximate surface area is 122 Å². The number of nitrogens with zero attached hydrogens (tertiary/aromatic N) is 1. The summed E-state index contributed by atoms with van der Waals surface area (Å²) in [6, 6.07) is 1.91. The van der Waals surface area contributed by atoms with Crippen LogP contribution in [-0.2, 0) is 14.6 Å².